The Hall–Kier alpha value is -3.26. The van der Waals surface area contributed by atoms with Gasteiger partial charge in [-0.3, -0.25) is 9.59 Å². The van der Waals surface area contributed by atoms with Gasteiger partial charge in [0.2, 0.25) is 11.7 Å². The van der Waals surface area contributed by atoms with E-state index in [-0.39, 0.29) is 17.7 Å². The maximum Gasteiger partial charge on any atom is 0.254 e. The zero-order chi connectivity index (χ0) is 25.5. The van der Waals surface area contributed by atoms with Gasteiger partial charge in [0, 0.05) is 37.2 Å². The molecule has 4 rings (SSSR count). The Labute approximate surface area is 213 Å². The van der Waals surface area contributed by atoms with Gasteiger partial charge in [-0.05, 0) is 56.5 Å². The number of benzene rings is 2. The average Bonchev–Trinajstić information content (AvgIpc) is 2.95. The Kier molecular flexibility index (Phi) is 8.70. The number of ether oxygens (including phenoxy) is 3. The van der Waals surface area contributed by atoms with Crippen molar-refractivity contribution in [2.45, 2.75) is 38.3 Å². The third-order valence-electron chi connectivity index (χ3n) is 7.39. The number of rotatable bonds is 8. The Morgan fingerprint density at radius 1 is 0.861 bits per heavy atom. The first-order valence-electron chi connectivity index (χ1n) is 12.7. The van der Waals surface area contributed by atoms with E-state index in [1.165, 1.54) is 0 Å². The van der Waals surface area contributed by atoms with Crippen molar-refractivity contribution < 1.29 is 23.8 Å². The molecule has 36 heavy (non-hydrogen) atoms. The number of amides is 2. The maximum atomic E-state index is 13.2. The third-order valence-corrected chi connectivity index (χ3v) is 7.39. The number of likely N-dealkylation sites (tertiary alicyclic amines) is 2. The molecule has 2 heterocycles. The number of piperidine rings is 2. The van der Waals surface area contributed by atoms with Gasteiger partial charge in [-0.15, -0.1) is 0 Å². The lowest BCUT2D eigenvalue weighted by molar-refractivity contribution is -0.126. The van der Waals surface area contributed by atoms with Crippen LogP contribution in [-0.4, -0.2) is 75.2 Å². The topological polar surface area (TPSA) is 80.3 Å². The van der Waals surface area contributed by atoms with Crippen molar-refractivity contribution in [1.29, 1.82) is 0 Å². The zero-order valence-corrected chi connectivity index (χ0v) is 21.5. The Morgan fingerprint density at radius 2 is 1.47 bits per heavy atom. The molecule has 0 radical (unpaired) electrons. The number of carbonyl (C=O) groups is 2. The van der Waals surface area contributed by atoms with Crippen molar-refractivity contribution in [2.24, 2.45) is 5.92 Å². The summed E-state index contributed by atoms with van der Waals surface area (Å²) in [4.78, 5) is 30.3. The lowest BCUT2D eigenvalue weighted by Crippen LogP contribution is -2.50. The summed E-state index contributed by atoms with van der Waals surface area (Å²) in [6, 6.07) is 13.9. The maximum absolute atomic E-state index is 13.2. The summed E-state index contributed by atoms with van der Waals surface area (Å²) >= 11 is 0. The van der Waals surface area contributed by atoms with E-state index in [0.29, 0.717) is 48.5 Å². The smallest absolute Gasteiger partial charge is 0.254 e. The molecule has 2 fully saturated rings. The molecule has 0 aromatic heterocycles. The molecule has 2 aliphatic rings. The molecule has 0 atom stereocenters. The average molecular weight is 496 g/mol. The van der Waals surface area contributed by atoms with Gasteiger partial charge in [-0.2, -0.15) is 0 Å². The van der Waals surface area contributed by atoms with Gasteiger partial charge in [0.25, 0.3) is 5.91 Å². The fourth-order valence-corrected chi connectivity index (χ4v) is 5.28. The van der Waals surface area contributed by atoms with Crippen LogP contribution in [0.1, 0.15) is 41.6 Å². The highest BCUT2D eigenvalue weighted by atomic mass is 16.5. The summed E-state index contributed by atoms with van der Waals surface area (Å²) in [5.74, 6) is 1.64. The number of hydrogen-bond acceptors (Lipinski definition) is 6. The normalized spacial score (nSPS) is 17.5. The largest absolute Gasteiger partial charge is 0.493 e. The van der Waals surface area contributed by atoms with E-state index in [9.17, 15) is 9.59 Å². The molecule has 0 unspecified atom stereocenters. The molecule has 2 aromatic carbocycles. The second-order valence-electron chi connectivity index (χ2n) is 9.45. The molecule has 1 N–H and O–H groups in total. The van der Waals surface area contributed by atoms with Crippen LogP contribution < -0.4 is 19.5 Å². The highest BCUT2D eigenvalue weighted by Crippen LogP contribution is 2.38. The van der Waals surface area contributed by atoms with Gasteiger partial charge in [0.15, 0.2) is 11.5 Å². The van der Waals surface area contributed by atoms with Gasteiger partial charge in [0.1, 0.15) is 0 Å². The van der Waals surface area contributed by atoms with E-state index in [1.54, 1.807) is 33.5 Å². The van der Waals surface area contributed by atoms with E-state index in [2.05, 4.69) is 10.2 Å². The minimum atomic E-state index is -0.0264. The van der Waals surface area contributed by atoms with Crippen LogP contribution in [-0.2, 0) is 11.3 Å². The number of methoxy groups -OCH3 is 3. The van der Waals surface area contributed by atoms with E-state index in [4.69, 9.17) is 14.2 Å². The minimum absolute atomic E-state index is 0.0264. The molecule has 0 saturated carbocycles. The summed E-state index contributed by atoms with van der Waals surface area (Å²) in [5.41, 5.74) is 1.65. The molecule has 8 heteroatoms. The molecule has 2 amide bonds. The molecular weight excluding hydrogens is 458 g/mol. The van der Waals surface area contributed by atoms with Crippen molar-refractivity contribution in [3.8, 4) is 17.2 Å². The van der Waals surface area contributed by atoms with Gasteiger partial charge in [-0.25, -0.2) is 0 Å². The van der Waals surface area contributed by atoms with Crippen molar-refractivity contribution in [3.05, 3.63) is 53.6 Å². The fraction of sp³-hybridized carbons (Fsp3) is 0.500. The Bertz CT molecular complexity index is 1000. The molecule has 0 spiro atoms. The van der Waals surface area contributed by atoms with Crippen LogP contribution >= 0.6 is 0 Å². The quantitative estimate of drug-likeness (QED) is 0.605. The number of hydrogen-bond donors (Lipinski definition) is 1. The van der Waals surface area contributed by atoms with Crippen LogP contribution in [0, 0.1) is 5.92 Å². The monoisotopic (exact) mass is 495 g/mol. The lowest BCUT2D eigenvalue weighted by atomic mass is 9.92. The minimum Gasteiger partial charge on any atom is -0.493 e. The van der Waals surface area contributed by atoms with Crippen molar-refractivity contribution >= 4 is 11.8 Å². The Morgan fingerprint density at radius 3 is 2.03 bits per heavy atom. The summed E-state index contributed by atoms with van der Waals surface area (Å²) in [6.45, 7) is 3.84. The predicted octanol–water partition coefficient (Wildman–Crippen LogP) is 3.35. The van der Waals surface area contributed by atoms with Crippen molar-refractivity contribution in [1.82, 2.24) is 15.1 Å². The summed E-state index contributed by atoms with van der Waals surface area (Å²) in [7, 11) is 4.65. The van der Waals surface area contributed by atoms with Crippen LogP contribution in [0.4, 0.5) is 0 Å². The molecule has 2 aromatic rings. The second-order valence-corrected chi connectivity index (χ2v) is 9.45. The lowest BCUT2D eigenvalue weighted by Gasteiger charge is -2.41. The van der Waals surface area contributed by atoms with Crippen molar-refractivity contribution in [3.63, 3.8) is 0 Å². The molecule has 0 aliphatic carbocycles. The number of carbonyl (C=O) groups excluding carboxylic acids is 2. The van der Waals surface area contributed by atoms with Gasteiger partial charge in [-0.1, -0.05) is 30.3 Å². The van der Waals surface area contributed by atoms with Crippen LogP contribution in [0.25, 0.3) is 0 Å². The summed E-state index contributed by atoms with van der Waals surface area (Å²) < 4.78 is 16.2. The van der Waals surface area contributed by atoms with E-state index < -0.39 is 0 Å². The second kappa shape index (κ2) is 12.1. The Balaban J connectivity index is 1.25. The van der Waals surface area contributed by atoms with E-state index >= 15 is 0 Å². The van der Waals surface area contributed by atoms with E-state index in [1.807, 2.05) is 35.2 Å². The first-order chi connectivity index (χ1) is 17.5. The van der Waals surface area contributed by atoms with E-state index in [0.717, 1.165) is 44.3 Å². The number of nitrogens with one attached hydrogen (secondary N) is 1. The predicted molar refractivity (Wildman–Crippen MR) is 138 cm³/mol. The van der Waals surface area contributed by atoms with Crippen LogP contribution in [0.2, 0.25) is 0 Å². The molecule has 2 aliphatic heterocycles. The highest BCUT2D eigenvalue weighted by Gasteiger charge is 2.32. The molecule has 8 nitrogen and oxygen atoms in total. The first-order valence-corrected chi connectivity index (χ1v) is 12.7. The van der Waals surface area contributed by atoms with Crippen LogP contribution in [0.15, 0.2) is 42.5 Å². The molecule has 194 valence electrons. The molecular formula is C28H37N3O5. The van der Waals surface area contributed by atoms with Crippen LogP contribution in [0.5, 0.6) is 17.2 Å². The highest BCUT2D eigenvalue weighted by molar-refractivity contribution is 5.95. The van der Waals surface area contributed by atoms with Crippen molar-refractivity contribution in [2.75, 3.05) is 47.5 Å². The van der Waals surface area contributed by atoms with Gasteiger partial charge >= 0.3 is 0 Å². The fourth-order valence-electron chi connectivity index (χ4n) is 5.28. The van der Waals surface area contributed by atoms with Crippen LogP contribution in [0.3, 0.4) is 0 Å². The first kappa shape index (κ1) is 25.8. The zero-order valence-electron chi connectivity index (χ0n) is 21.5. The number of nitrogens with zero attached hydrogens (tertiary/aromatic N) is 2. The SMILES string of the molecule is COc1cc(C(=O)N2CCC(N3CCC(C(=O)NCc4ccccc4)CC3)CC2)cc(OC)c1OC. The standard InChI is InChI=1S/C28H37N3O5/c1-34-24-17-22(18-25(35-2)26(24)36-3)28(33)31-15-11-23(12-16-31)30-13-9-21(10-14-30)27(32)29-19-20-7-5-4-6-8-20/h4-8,17-18,21,23H,9-16,19H2,1-3H3,(H,29,32). The third kappa shape index (κ3) is 5.93. The molecule has 2 saturated heterocycles. The summed E-state index contributed by atoms with van der Waals surface area (Å²) in [6.07, 6.45) is 3.62. The van der Waals surface area contributed by atoms with Gasteiger partial charge < -0.3 is 29.3 Å². The summed E-state index contributed by atoms with van der Waals surface area (Å²) in [5, 5.41) is 3.09. The molecule has 0 bridgehead atoms. The van der Waals surface area contributed by atoms with Gasteiger partial charge in [0.05, 0.1) is 21.3 Å².